The van der Waals surface area contributed by atoms with E-state index >= 15 is 0 Å². The van der Waals surface area contributed by atoms with E-state index in [4.69, 9.17) is 0 Å². The molecule has 26 heavy (non-hydrogen) atoms. The molecule has 0 fully saturated rings. The number of nitro groups is 1. The third kappa shape index (κ3) is 6.18. The molecular weight excluding hydrogens is 332 g/mol. The summed E-state index contributed by atoms with van der Waals surface area (Å²) in [6, 6.07) is 14.0. The van der Waals surface area contributed by atoms with Gasteiger partial charge in [-0.15, -0.1) is 0 Å². The van der Waals surface area contributed by atoms with Crippen LogP contribution in [0.25, 0.3) is 0 Å². The summed E-state index contributed by atoms with van der Waals surface area (Å²) in [7, 11) is 3.98. The number of nitrogens with one attached hydrogen (secondary N) is 2. The maximum Gasteiger partial charge on any atom is 0.269 e. The van der Waals surface area contributed by atoms with Gasteiger partial charge < -0.3 is 15.5 Å². The number of anilines is 2. The lowest BCUT2D eigenvalue weighted by atomic mass is 10.1. The normalized spacial score (nSPS) is 10.6. The number of amides is 1. The number of para-hydroxylation sites is 1. The van der Waals surface area contributed by atoms with Crippen LogP contribution in [0.4, 0.5) is 17.1 Å². The van der Waals surface area contributed by atoms with Crippen molar-refractivity contribution >= 4 is 23.0 Å². The van der Waals surface area contributed by atoms with Gasteiger partial charge in [-0.25, -0.2) is 0 Å². The first kappa shape index (κ1) is 19.4. The highest BCUT2D eigenvalue weighted by Crippen LogP contribution is 2.17. The number of hydrogen-bond donors (Lipinski definition) is 2. The smallest absolute Gasteiger partial charge is 0.269 e. The largest absolute Gasteiger partial charge is 0.385 e. The Morgan fingerprint density at radius 1 is 1.12 bits per heavy atom. The highest BCUT2D eigenvalue weighted by atomic mass is 16.6. The quantitative estimate of drug-likeness (QED) is 0.408. The average molecular weight is 356 g/mol. The van der Waals surface area contributed by atoms with Crippen LogP contribution in [0.3, 0.4) is 0 Å². The summed E-state index contributed by atoms with van der Waals surface area (Å²) in [5.74, 6) is -0.0262. The van der Waals surface area contributed by atoms with Crippen LogP contribution in [-0.2, 0) is 11.3 Å². The van der Waals surface area contributed by atoms with Gasteiger partial charge in [-0.3, -0.25) is 14.9 Å². The van der Waals surface area contributed by atoms with Gasteiger partial charge in [-0.05, 0) is 44.3 Å². The molecule has 0 aliphatic rings. The number of benzene rings is 2. The zero-order valence-corrected chi connectivity index (χ0v) is 15.1. The molecule has 0 radical (unpaired) electrons. The minimum absolute atomic E-state index is 0.0262. The standard InChI is InChI=1S/C19H24N4O3/c1-22(2)14-15-6-3-4-7-18(15)21-19(24)8-5-13-20-16-9-11-17(12-10-16)23(25)26/h3-4,6-7,9-12,20H,5,8,13-14H2,1-2H3,(H,21,24). The fraction of sp³-hybridized carbons (Fsp3) is 0.316. The van der Waals surface area contributed by atoms with E-state index < -0.39 is 4.92 Å². The van der Waals surface area contributed by atoms with Gasteiger partial charge in [0.05, 0.1) is 4.92 Å². The molecule has 0 aliphatic heterocycles. The molecule has 0 saturated heterocycles. The van der Waals surface area contributed by atoms with Crippen molar-refractivity contribution in [3.8, 4) is 0 Å². The van der Waals surface area contributed by atoms with Gasteiger partial charge in [-0.1, -0.05) is 18.2 Å². The Balaban J connectivity index is 1.76. The van der Waals surface area contributed by atoms with E-state index in [9.17, 15) is 14.9 Å². The number of nitro benzene ring substituents is 1. The number of carbonyl (C=O) groups excluding carboxylic acids is 1. The molecule has 7 heteroatoms. The number of hydrogen-bond acceptors (Lipinski definition) is 5. The monoisotopic (exact) mass is 356 g/mol. The highest BCUT2D eigenvalue weighted by molar-refractivity contribution is 5.91. The molecule has 2 rings (SSSR count). The van der Waals surface area contributed by atoms with Crippen LogP contribution in [0, 0.1) is 10.1 Å². The van der Waals surface area contributed by atoms with Crippen molar-refractivity contribution in [2.45, 2.75) is 19.4 Å². The minimum Gasteiger partial charge on any atom is -0.385 e. The van der Waals surface area contributed by atoms with E-state index in [0.29, 0.717) is 19.4 Å². The van der Waals surface area contributed by atoms with Crippen LogP contribution in [0.15, 0.2) is 48.5 Å². The van der Waals surface area contributed by atoms with Crippen LogP contribution in [0.2, 0.25) is 0 Å². The lowest BCUT2D eigenvalue weighted by Gasteiger charge is -2.15. The predicted octanol–water partition coefficient (Wildman–Crippen LogP) is 3.49. The SMILES string of the molecule is CN(C)Cc1ccccc1NC(=O)CCCNc1ccc([N+](=O)[O-])cc1. The number of nitrogens with zero attached hydrogens (tertiary/aromatic N) is 2. The molecule has 0 unspecified atom stereocenters. The summed E-state index contributed by atoms with van der Waals surface area (Å²) < 4.78 is 0. The highest BCUT2D eigenvalue weighted by Gasteiger charge is 2.07. The summed E-state index contributed by atoms with van der Waals surface area (Å²) >= 11 is 0. The van der Waals surface area contributed by atoms with Gasteiger partial charge in [0.1, 0.15) is 0 Å². The third-order valence-electron chi connectivity index (χ3n) is 3.77. The predicted molar refractivity (Wildman–Crippen MR) is 103 cm³/mol. The van der Waals surface area contributed by atoms with E-state index in [0.717, 1.165) is 23.5 Å². The first-order chi connectivity index (χ1) is 12.5. The average Bonchev–Trinajstić information content (AvgIpc) is 2.60. The Labute approximate surface area is 153 Å². The van der Waals surface area contributed by atoms with Gasteiger partial charge in [0.2, 0.25) is 5.91 Å². The molecule has 7 nitrogen and oxygen atoms in total. The van der Waals surface area contributed by atoms with Crippen molar-refractivity contribution in [2.24, 2.45) is 0 Å². The first-order valence-corrected chi connectivity index (χ1v) is 8.46. The van der Waals surface area contributed by atoms with E-state index in [2.05, 4.69) is 15.5 Å². The molecule has 1 amide bonds. The summed E-state index contributed by atoms with van der Waals surface area (Å²) in [6.45, 7) is 1.38. The Hall–Kier alpha value is -2.93. The van der Waals surface area contributed by atoms with Crippen LogP contribution >= 0.6 is 0 Å². The molecule has 0 saturated carbocycles. The van der Waals surface area contributed by atoms with Crippen LogP contribution in [-0.4, -0.2) is 36.4 Å². The Kier molecular flexibility index (Phi) is 7.11. The van der Waals surface area contributed by atoms with Crippen molar-refractivity contribution in [1.29, 1.82) is 0 Å². The molecule has 0 atom stereocenters. The van der Waals surface area contributed by atoms with Crippen molar-refractivity contribution < 1.29 is 9.72 Å². The number of rotatable bonds is 9. The molecule has 2 N–H and O–H groups in total. The molecule has 0 bridgehead atoms. The molecule has 138 valence electrons. The van der Waals surface area contributed by atoms with Crippen molar-refractivity contribution in [2.75, 3.05) is 31.3 Å². The Morgan fingerprint density at radius 3 is 2.46 bits per heavy atom. The summed E-state index contributed by atoms with van der Waals surface area (Å²) in [6.07, 6.45) is 1.06. The molecule has 2 aromatic carbocycles. The van der Waals surface area contributed by atoms with Gasteiger partial charge in [-0.2, -0.15) is 0 Å². The summed E-state index contributed by atoms with van der Waals surface area (Å²) in [4.78, 5) is 24.4. The minimum atomic E-state index is -0.428. The van der Waals surface area contributed by atoms with Crippen LogP contribution < -0.4 is 10.6 Å². The molecule has 0 heterocycles. The summed E-state index contributed by atoms with van der Waals surface area (Å²) in [5.41, 5.74) is 2.78. The lowest BCUT2D eigenvalue weighted by molar-refractivity contribution is -0.384. The van der Waals surface area contributed by atoms with Crippen LogP contribution in [0.5, 0.6) is 0 Å². The van der Waals surface area contributed by atoms with E-state index in [1.807, 2.05) is 38.4 Å². The molecule has 0 spiro atoms. The number of carbonyl (C=O) groups is 1. The van der Waals surface area contributed by atoms with Crippen LogP contribution in [0.1, 0.15) is 18.4 Å². The van der Waals surface area contributed by atoms with Crippen molar-refractivity contribution in [3.63, 3.8) is 0 Å². The second kappa shape index (κ2) is 9.53. The Morgan fingerprint density at radius 2 is 1.81 bits per heavy atom. The molecule has 0 aromatic heterocycles. The maximum atomic E-state index is 12.2. The first-order valence-electron chi connectivity index (χ1n) is 8.46. The lowest BCUT2D eigenvalue weighted by Crippen LogP contribution is -2.17. The zero-order valence-electron chi connectivity index (χ0n) is 15.1. The van der Waals surface area contributed by atoms with E-state index in [1.54, 1.807) is 12.1 Å². The second-order valence-electron chi connectivity index (χ2n) is 6.28. The number of non-ortho nitro benzene ring substituents is 1. The maximum absolute atomic E-state index is 12.2. The Bertz CT molecular complexity index is 745. The van der Waals surface area contributed by atoms with Gasteiger partial charge in [0, 0.05) is 43.0 Å². The fourth-order valence-corrected chi connectivity index (χ4v) is 2.52. The van der Waals surface area contributed by atoms with Crippen molar-refractivity contribution in [3.05, 3.63) is 64.2 Å². The van der Waals surface area contributed by atoms with Gasteiger partial charge in [0.15, 0.2) is 0 Å². The topological polar surface area (TPSA) is 87.5 Å². The fourth-order valence-electron chi connectivity index (χ4n) is 2.52. The third-order valence-corrected chi connectivity index (χ3v) is 3.77. The second-order valence-corrected chi connectivity index (χ2v) is 6.28. The van der Waals surface area contributed by atoms with Gasteiger partial charge in [0.25, 0.3) is 5.69 Å². The van der Waals surface area contributed by atoms with Gasteiger partial charge >= 0.3 is 0 Å². The van der Waals surface area contributed by atoms with Crippen molar-refractivity contribution in [1.82, 2.24) is 4.90 Å². The summed E-state index contributed by atoms with van der Waals surface area (Å²) in [5, 5.41) is 16.7. The zero-order chi connectivity index (χ0) is 18.9. The molecule has 0 aliphatic carbocycles. The van der Waals surface area contributed by atoms with E-state index in [-0.39, 0.29) is 11.6 Å². The molecular formula is C19H24N4O3. The molecule has 2 aromatic rings. The van der Waals surface area contributed by atoms with E-state index in [1.165, 1.54) is 12.1 Å².